The fraction of sp³-hybridized carbons (Fsp3) is 0.130. The summed E-state index contributed by atoms with van der Waals surface area (Å²) in [5.74, 6) is -0.901. The molecule has 30 heavy (non-hydrogen) atoms. The molecular weight excluding hydrogens is 403 g/mol. The van der Waals surface area contributed by atoms with E-state index in [-0.39, 0.29) is 11.3 Å². The molecule has 7 heteroatoms. The van der Waals surface area contributed by atoms with Gasteiger partial charge in [-0.2, -0.15) is 0 Å². The van der Waals surface area contributed by atoms with Crippen LogP contribution in [0.25, 0.3) is 0 Å². The van der Waals surface area contributed by atoms with Crippen LogP contribution in [0.4, 0.5) is 0 Å². The normalized spacial score (nSPS) is 11.4. The molecule has 0 fully saturated rings. The van der Waals surface area contributed by atoms with Gasteiger partial charge < -0.3 is 19.1 Å². The molecule has 0 amide bonds. The SMILES string of the molecule is COc1ccc(C(=O)C(C(=O)c2cc(OC)ccc2O)c2cccc(OP)c2)cc1. The lowest BCUT2D eigenvalue weighted by molar-refractivity contribution is 0.0859. The minimum atomic E-state index is -1.18. The van der Waals surface area contributed by atoms with E-state index in [1.165, 1.54) is 32.4 Å². The summed E-state index contributed by atoms with van der Waals surface area (Å²) in [7, 11) is 5.12. The van der Waals surface area contributed by atoms with Crippen LogP contribution in [0.3, 0.4) is 0 Å². The van der Waals surface area contributed by atoms with Gasteiger partial charge in [-0.25, -0.2) is 0 Å². The van der Waals surface area contributed by atoms with Crippen LogP contribution < -0.4 is 14.0 Å². The highest BCUT2D eigenvalue weighted by atomic mass is 31.0. The predicted octanol–water partition coefficient (Wildman–Crippen LogP) is 4.43. The molecule has 0 bridgehead atoms. The van der Waals surface area contributed by atoms with Crippen molar-refractivity contribution in [2.24, 2.45) is 0 Å². The highest BCUT2D eigenvalue weighted by Gasteiger charge is 2.32. The molecule has 3 rings (SSSR count). The Balaban J connectivity index is 2.11. The Morgan fingerprint density at radius 1 is 0.833 bits per heavy atom. The molecule has 3 aromatic rings. The summed E-state index contributed by atoms with van der Waals surface area (Å²) < 4.78 is 15.5. The first-order valence-electron chi connectivity index (χ1n) is 9.04. The van der Waals surface area contributed by atoms with E-state index in [2.05, 4.69) is 9.47 Å². The van der Waals surface area contributed by atoms with Crippen molar-refractivity contribution < 1.29 is 28.7 Å². The second-order valence-corrected chi connectivity index (χ2v) is 6.70. The quantitative estimate of drug-likeness (QED) is 0.327. The van der Waals surface area contributed by atoms with Crippen molar-refractivity contribution >= 4 is 21.0 Å². The van der Waals surface area contributed by atoms with Gasteiger partial charge in [0, 0.05) is 5.56 Å². The van der Waals surface area contributed by atoms with Crippen LogP contribution in [0, 0.1) is 0 Å². The van der Waals surface area contributed by atoms with Gasteiger partial charge in [0.15, 0.2) is 11.6 Å². The number of ketones is 2. The molecule has 0 aromatic heterocycles. The number of aromatic hydroxyl groups is 1. The molecule has 0 saturated carbocycles. The van der Waals surface area contributed by atoms with Crippen LogP contribution in [0.1, 0.15) is 32.2 Å². The number of methoxy groups -OCH3 is 2. The van der Waals surface area contributed by atoms with Crippen molar-refractivity contribution in [3.63, 3.8) is 0 Å². The monoisotopic (exact) mass is 424 g/mol. The van der Waals surface area contributed by atoms with Gasteiger partial charge in [0.2, 0.25) is 0 Å². The van der Waals surface area contributed by atoms with E-state index in [9.17, 15) is 14.7 Å². The van der Waals surface area contributed by atoms with Gasteiger partial charge in [-0.1, -0.05) is 12.1 Å². The maximum atomic E-state index is 13.5. The molecule has 0 saturated heterocycles. The highest BCUT2D eigenvalue weighted by Crippen LogP contribution is 2.33. The zero-order valence-electron chi connectivity index (χ0n) is 16.5. The molecule has 1 N–H and O–H groups in total. The van der Waals surface area contributed by atoms with Gasteiger partial charge in [-0.15, -0.1) is 0 Å². The number of ether oxygens (including phenoxy) is 2. The molecule has 3 aromatic carbocycles. The standard InChI is InChI=1S/C23H21O6P/c1-27-16-8-6-14(7-9-16)22(25)21(15-4-3-5-18(12-15)29-30)23(26)19-13-17(28-2)10-11-20(19)24/h3-13,21,24H,30H2,1-2H3. The predicted molar refractivity (Wildman–Crippen MR) is 116 cm³/mol. The van der Waals surface area contributed by atoms with Gasteiger partial charge >= 0.3 is 0 Å². The van der Waals surface area contributed by atoms with E-state index in [1.54, 1.807) is 48.5 Å². The number of Topliss-reactive ketones (excluding diaryl/α,β-unsaturated/α-hetero) is 2. The van der Waals surface area contributed by atoms with E-state index < -0.39 is 17.5 Å². The van der Waals surface area contributed by atoms with Gasteiger partial charge in [-0.3, -0.25) is 9.59 Å². The van der Waals surface area contributed by atoms with Crippen molar-refractivity contribution in [2.75, 3.05) is 14.2 Å². The molecule has 154 valence electrons. The van der Waals surface area contributed by atoms with Crippen molar-refractivity contribution in [2.45, 2.75) is 5.92 Å². The molecule has 0 aliphatic heterocycles. The number of benzene rings is 3. The van der Waals surface area contributed by atoms with Gasteiger partial charge in [-0.05, 0) is 60.2 Å². The van der Waals surface area contributed by atoms with Crippen LogP contribution in [0.15, 0.2) is 66.7 Å². The number of carbonyl (C=O) groups is 2. The smallest absolute Gasteiger partial charge is 0.181 e. The summed E-state index contributed by atoms with van der Waals surface area (Å²) in [6, 6.07) is 17.5. The lowest BCUT2D eigenvalue weighted by atomic mass is 9.84. The van der Waals surface area contributed by atoms with E-state index in [0.29, 0.717) is 28.4 Å². The summed E-state index contributed by atoms with van der Waals surface area (Å²) in [6.45, 7) is 0. The van der Waals surface area contributed by atoms with Crippen molar-refractivity contribution in [3.8, 4) is 23.0 Å². The average Bonchev–Trinajstić information content (AvgIpc) is 2.79. The molecule has 0 aliphatic rings. The van der Waals surface area contributed by atoms with Crippen LogP contribution >= 0.6 is 9.47 Å². The third kappa shape index (κ3) is 4.44. The molecule has 0 spiro atoms. The fourth-order valence-electron chi connectivity index (χ4n) is 3.11. The number of phenolic OH excluding ortho intramolecular Hbond substituents is 1. The number of phenols is 1. The van der Waals surface area contributed by atoms with E-state index in [1.807, 2.05) is 0 Å². The molecule has 6 nitrogen and oxygen atoms in total. The lowest BCUT2D eigenvalue weighted by Crippen LogP contribution is -2.23. The van der Waals surface area contributed by atoms with Crippen molar-refractivity contribution in [1.82, 2.24) is 0 Å². The third-order valence-corrected chi connectivity index (χ3v) is 4.97. The number of hydrogen-bond acceptors (Lipinski definition) is 6. The number of carbonyl (C=O) groups excluding carboxylic acids is 2. The first kappa shape index (κ1) is 21.3. The maximum absolute atomic E-state index is 13.5. The van der Waals surface area contributed by atoms with Gasteiger partial charge in [0.05, 0.1) is 29.2 Å². The fourth-order valence-corrected chi connectivity index (χ4v) is 3.25. The summed E-state index contributed by atoms with van der Waals surface area (Å²) >= 11 is 0. The Morgan fingerprint density at radius 2 is 1.50 bits per heavy atom. The minimum Gasteiger partial charge on any atom is -0.507 e. The second-order valence-electron chi connectivity index (χ2n) is 6.46. The first-order chi connectivity index (χ1) is 14.5. The minimum absolute atomic E-state index is 0.00148. The van der Waals surface area contributed by atoms with Crippen LogP contribution in [0.2, 0.25) is 0 Å². The van der Waals surface area contributed by atoms with Crippen LogP contribution in [0.5, 0.6) is 23.0 Å². The number of rotatable bonds is 8. The molecule has 0 radical (unpaired) electrons. The highest BCUT2D eigenvalue weighted by molar-refractivity contribution is 7.10. The zero-order valence-corrected chi connectivity index (χ0v) is 17.6. The Kier molecular flexibility index (Phi) is 6.70. The second kappa shape index (κ2) is 9.42. The van der Waals surface area contributed by atoms with Gasteiger partial charge in [0.1, 0.15) is 28.9 Å². The Labute approximate surface area is 176 Å². The van der Waals surface area contributed by atoms with Crippen molar-refractivity contribution in [3.05, 3.63) is 83.4 Å². The lowest BCUT2D eigenvalue weighted by Gasteiger charge is -2.18. The molecule has 2 atom stereocenters. The number of hydrogen-bond donors (Lipinski definition) is 1. The largest absolute Gasteiger partial charge is 0.507 e. The van der Waals surface area contributed by atoms with Crippen LogP contribution in [-0.4, -0.2) is 30.9 Å². The first-order valence-corrected chi connectivity index (χ1v) is 9.51. The summed E-state index contributed by atoms with van der Waals surface area (Å²) in [4.78, 5) is 26.9. The van der Waals surface area contributed by atoms with E-state index >= 15 is 0 Å². The molecular formula is C23H21O6P. The van der Waals surface area contributed by atoms with E-state index in [0.717, 1.165) is 0 Å². The topological polar surface area (TPSA) is 82.1 Å². The van der Waals surface area contributed by atoms with Gasteiger partial charge in [0.25, 0.3) is 0 Å². The molecule has 2 unspecified atom stereocenters. The Bertz CT molecular complexity index is 1060. The van der Waals surface area contributed by atoms with Crippen LogP contribution in [-0.2, 0) is 0 Å². The van der Waals surface area contributed by atoms with E-state index in [4.69, 9.17) is 14.0 Å². The summed E-state index contributed by atoms with van der Waals surface area (Å²) in [6.07, 6.45) is 0. The average molecular weight is 424 g/mol. The van der Waals surface area contributed by atoms with Crippen molar-refractivity contribution in [1.29, 1.82) is 0 Å². The molecule has 0 aliphatic carbocycles. The maximum Gasteiger partial charge on any atom is 0.181 e. The Hall–Kier alpha value is -3.37. The third-order valence-electron chi connectivity index (χ3n) is 4.70. The summed E-state index contributed by atoms with van der Waals surface area (Å²) in [5, 5.41) is 10.3. The Morgan fingerprint density at radius 3 is 2.13 bits per heavy atom. The molecule has 0 heterocycles. The summed E-state index contributed by atoms with van der Waals surface area (Å²) in [5.41, 5.74) is 0.787. The zero-order chi connectivity index (χ0) is 21.7.